The first kappa shape index (κ1) is 45.3. The lowest BCUT2D eigenvalue weighted by Crippen LogP contribution is -2.58. The van der Waals surface area contributed by atoms with Gasteiger partial charge < -0.3 is 13.9 Å². The molecular weight excluding hydrogens is 781 g/mol. The van der Waals surface area contributed by atoms with E-state index < -0.39 is 23.9 Å². The number of nitrogens with zero attached hydrogens (tertiary/aromatic N) is 4. The summed E-state index contributed by atoms with van der Waals surface area (Å²) in [6, 6.07) is 25.7. The topological polar surface area (TPSA) is 76.8 Å². The number of aromatic nitrogens is 2. The molecular formula is C55H66N4O4. The van der Waals surface area contributed by atoms with Crippen LogP contribution in [0.3, 0.4) is 0 Å². The van der Waals surface area contributed by atoms with Gasteiger partial charge in [-0.1, -0.05) is 113 Å². The van der Waals surface area contributed by atoms with Crippen LogP contribution in [0, 0.1) is 0 Å². The van der Waals surface area contributed by atoms with E-state index in [4.69, 9.17) is 0 Å². The monoisotopic (exact) mass is 847 g/mol. The lowest BCUT2D eigenvalue weighted by atomic mass is 9.94. The summed E-state index contributed by atoms with van der Waals surface area (Å²) in [7, 11) is 1.68. The Morgan fingerprint density at radius 3 is 1.48 bits per heavy atom. The van der Waals surface area contributed by atoms with Crippen LogP contribution in [0.15, 0.2) is 107 Å². The number of carbonyl (C=O) groups is 3. The number of carbonyl (C=O) groups excluding carboxylic acids is 3. The van der Waals surface area contributed by atoms with Gasteiger partial charge in [-0.2, -0.15) is 0 Å². The van der Waals surface area contributed by atoms with Gasteiger partial charge in [0.1, 0.15) is 5.57 Å². The maximum Gasteiger partial charge on any atom is 0.334 e. The van der Waals surface area contributed by atoms with E-state index >= 15 is 0 Å². The zero-order valence-electron chi connectivity index (χ0n) is 39.0. The molecule has 330 valence electrons. The fourth-order valence-corrected chi connectivity index (χ4v) is 9.95. The third-order valence-corrected chi connectivity index (χ3v) is 13.0. The fraction of sp³-hybridized carbons (Fsp3) is 0.400. The van der Waals surface area contributed by atoms with Crippen molar-refractivity contribution in [3.8, 4) is 0 Å². The van der Waals surface area contributed by atoms with Gasteiger partial charge in [-0.15, -0.1) is 0 Å². The Labute approximate surface area is 373 Å². The number of imide groups is 2. The van der Waals surface area contributed by atoms with E-state index in [9.17, 15) is 14.4 Å². The predicted octanol–water partition coefficient (Wildman–Crippen LogP) is 11.9. The Balaban J connectivity index is 0.00000143. The van der Waals surface area contributed by atoms with Gasteiger partial charge in [-0.05, 0) is 118 Å². The number of unbranched alkanes of at least 4 members (excludes halogenated alkanes) is 1. The van der Waals surface area contributed by atoms with Crippen LogP contribution in [0.4, 0.5) is 4.79 Å². The second-order valence-corrected chi connectivity index (χ2v) is 17.6. The Morgan fingerprint density at radius 1 is 0.603 bits per heavy atom. The molecule has 2 atom stereocenters. The maximum atomic E-state index is 14.7. The Kier molecular flexibility index (Phi) is 14.2. The molecule has 1 aliphatic heterocycles. The number of amides is 4. The lowest BCUT2D eigenvalue weighted by molar-refractivity contribution is -0.137. The Morgan fingerprint density at radius 2 is 1.06 bits per heavy atom. The molecule has 0 radical (unpaired) electrons. The van der Waals surface area contributed by atoms with Crippen molar-refractivity contribution in [1.82, 2.24) is 18.9 Å². The molecule has 8 heteroatoms. The van der Waals surface area contributed by atoms with E-state index in [1.54, 1.807) is 7.11 Å². The molecule has 63 heavy (non-hydrogen) atoms. The van der Waals surface area contributed by atoms with Gasteiger partial charge in [0.2, 0.25) is 0 Å². The molecule has 1 aliphatic carbocycles. The molecule has 4 amide bonds. The van der Waals surface area contributed by atoms with Gasteiger partial charge in [0.25, 0.3) is 11.8 Å². The van der Waals surface area contributed by atoms with Crippen molar-refractivity contribution in [2.24, 2.45) is 0 Å². The summed E-state index contributed by atoms with van der Waals surface area (Å²) in [6.45, 7) is 17.8. The lowest BCUT2D eigenvalue weighted by Gasteiger charge is -2.37. The summed E-state index contributed by atoms with van der Waals surface area (Å²) in [5.41, 5.74) is 5.06. The average Bonchev–Trinajstić information content (AvgIpc) is 3.93. The highest BCUT2D eigenvalue weighted by atomic mass is 16.5. The number of barbiturate groups is 1. The molecule has 0 bridgehead atoms. The van der Waals surface area contributed by atoms with Gasteiger partial charge >= 0.3 is 6.03 Å². The summed E-state index contributed by atoms with van der Waals surface area (Å²) in [6.07, 6.45) is 15.7. The first-order valence-electron chi connectivity index (χ1n) is 23.4. The van der Waals surface area contributed by atoms with Gasteiger partial charge in [0.15, 0.2) is 0 Å². The molecule has 2 unspecified atom stereocenters. The quantitative estimate of drug-likeness (QED) is 0.0857. The van der Waals surface area contributed by atoms with E-state index in [1.165, 1.54) is 53.2 Å². The molecule has 2 aliphatic rings. The molecule has 2 aromatic heterocycles. The molecule has 3 heterocycles. The molecule has 2 fully saturated rings. The van der Waals surface area contributed by atoms with Gasteiger partial charge in [0.05, 0.1) is 0 Å². The van der Waals surface area contributed by atoms with Crippen molar-refractivity contribution in [2.75, 3.05) is 20.3 Å². The van der Waals surface area contributed by atoms with Crippen molar-refractivity contribution >= 4 is 73.3 Å². The van der Waals surface area contributed by atoms with Crippen molar-refractivity contribution in [2.45, 2.75) is 125 Å². The second kappa shape index (κ2) is 19.8. The highest BCUT2D eigenvalue weighted by molar-refractivity contribution is 6.30. The Hall–Kier alpha value is -5.73. The van der Waals surface area contributed by atoms with Crippen LogP contribution in [0.2, 0.25) is 0 Å². The fourth-order valence-electron chi connectivity index (χ4n) is 9.95. The minimum atomic E-state index is -0.527. The average molecular weight is 847 g/mol. The SMILES string of the molecule is CCCCN1C(=O)C(=C2/C(=C/C=c3\c4cccc5cccc(c54)n3C(C)CCC)CC/C2=C\C=c2/c3cccc4cccc(c43)n2C(C)CCC)C(=O)N(C(C)C)C1=O.CCOC. The van der Waals surface area contributed by atoms with E-state index in [2.05, 4.69) is 139 Å². The zero-order chi connectivity index (χ0) is 44.9. The van der Waals surface area contributed by atoms with Crippen LogP contribution in [0.5, 0.6) is 0 Å². The summed E-state index contributed by atoms with van der Waals surface area (Å²) in [4.78, 5) is 45.8. The van der Waals surface area contributed by atoms with Crippen LogP contribution in [0.25, 0.3) is 55.5 Å². The van der Waals surface area contributed by atoms with E-state index in [1.807, 2.05) is 27.7 Å². The largest absolute Gasteiger partial charge is 0.385 e. The minimum absolute atomic E-state index is 0.0993. The van der Waals surface area contributed by atoms with Gasteiger partial charge in [-0.3, -0.25) is 19.4 Å². The summed E-state index contributed by atoms with van der Waals surface area (Å²) < 4.78 is 9.47. The molecule has 1 saturated heterocycles. The number of hydrogen-bond donors (Lipinski definition) is 0. The normalized spacial score (nSPS) is 18.0. The first-order valence-corrected chi connectivity index (χ1v) is 23.4. The molecule has 8 nitrogen and oxygen atoms in total. The molecule has 8 rings (SSSR count). The third-order valence-electron chi connectivity index (χ3n) is 13.0. The van der Waals surface area contributed by atoms with Crippen LogP contribution < -0.4 is 10.7 Å². The van der Waals surface area contributed by atoms with Crippen LogP contribution >= 0.6 is 0 Å². The number of rotatable bonds is 13. The number of methoxy groups -OCH3 is 1. The smallest absolute Gasteiger partial charge is 0.334 e. The van der Waals surface area contributed by atoms with E-state index in [-0.39, 0.29) is 24.2 Å². The number of allylic oxidation sites excluding steroid dienone is 5. The van der Waals surface area contributed by atoms with E-state index in [0.29, 0.717) is 24.8 Å². The highest BCUT2D eigenvalue weighted by Crippen LogP contribution is 2.41. The van der Waals surface area contributed by atoms with Gasteiger partial charge in [-0.25, -0.2) is 4.79 Å². The molecule has 6 aromatic rings. The molecule has 1 saturated carbocycles. The molecule has 4 aromatic carbocycles. The minimum Gasteiger partial charge on any atom is -0.385 e. The number of urea groups is 1. The second-order valence-electron chi connectivity index (χ2n) is 17.6. The Bertz CT molecular complexity index is 2700. The van der Waals surface area contributed by atoms with E-state index in [0.717, 1.165) is 60.6 Å². The summed E-state index contributed by atoms with van der Waals surface area (Å²) in [5, 5.41) is 9.55. The van der Waals surface area contributed by atoms with Crippen molar-refractivity contribution in [3.63, 3.8) is 0 Å². The summed E-state index contributed by atoms with van der Waals surface area (Å²) >= 11 is 0. The van der Waals surface area contributed by atoms with Crippen LogP contribution in [-0.2, 0) is 14.3 Å². The number of benzene rings is 4. The molecule has 0 spiro atoms. The highest BCUT2D eigenvalue weighted by Gasteiger charge is 2.45. The van der Waals surface area contributed by atoms with Gasteiger partial charge in [0, 0.05) is 81.7 Å². The van der Waals surface area contributed by atoms with Crippen molar-refractivity contribution in [3.05, 3.63) is 118 Å². The predicted molar refractivity (Wildman–Crippen MR) is 261 cm³/mol. The standard InChI is InChI=1S/C52H58N4O3.C3H8O/c1-8-11-32-53-50(57)49(51(58)54(33(4)5)52(53)59)46-38(28-30-42-40-22-12-18-36-20-14-24-44(47(36)40)55(42)34(6)16-9-2)26-27-39(46)29-31-43-41-23-13-19-37-21-15-25-45(48(37)41)56(43)35(7)17-10-3;1-3-4-2/h12-15,18-25,28-31,33-35H,8-11,16-17,26-27,32H2,1-7H3;3H2,1-2H3/b38-28+,39-29+,42-30+,43-31+,49-46?;. The first-order chi connectivity index (χ1) is 30.5. The number of hydrogen-bond acceptors (Lipinski definition) is 4. The van der Waals surface area contributed by atoms with Crippen LogP contribution in [0.1, 0.15) is 119 Å². The third kappa shape index (κ3) is 8.42. The summed E-state index contributed by atoms with van der Waals surface area (Å²) in [5.74, 6) is -1.00. The number of ether oxygens (including phenoxy) is 1. The van der Waals surface area contributed by atoms with Crippen LogP contribution in [-0.4, -0.2) is 63.1 Å². The van der Waals surface area contributed by atoms with Crippen molar-refractivity contribution < 1.29 is 19.1 Å². The molecule has 0 N–H and O–H groups in total. The zero-order valence-corrected chi connectivity index (χ0v) is 39.0. The van der Waals surface area contributed by atoms with Crippen molar-refractivity contribution in [1.29, 1.82) is 0 Å². The maximum absolute atomic E-state index is 14.7.